The van der Waals surface area contributed by atoms with Crippen LogP contribution in [-0.2, 0) is 0 Å². The van der Waals surface area contributed by atoms with Crippen molar-refractivity contribution in [2.75, 3.05) is 4.90 Å². The van der Waals surface area contributed by atoms with Crippen LogP contribution in [0.1, 0.15) is 0 Å². The van der Waals surface area contributed by atoms with E-state index in [4.69, 9.17) is 14.4 Å². The van der Waals surface area contributed by atoms with Gasteiger partial charge in [0.15, 0.2) is 0 Å². The third-order valence-electron chi connectivity index (χ3n) is 10.2. The average Bonchev–Trinajstić information content (AvgIpc) is 3.81. The number of rotatable bonds is 5. The molecule has 6 nitrogen and oxygen atoms in total. The second-order valence-electron chi connectivity index (χ2n) is 13.3. The van der Waals surface area contributed by atoms with E-state index in [-0.39, 0.29) is 0 Å². The third-order valence-corrected chi connectivity index (χ3v) is 10.2. The number of imidazole rings is 1. The standard InChI is InChI=1S/C47H29N5O/c1-4-19-44-36(12-1)37-14-8-13-35(46(37)53-44)30-20-22-32(23-21-30)51(33-11-7-10-31(28-33)40-16-5-6-26-48-40)34-24-25-42-39(29-34)45-38(15-9-27-49-45)47-50-41-17-2-3-18-43(41)52(42)47/h1-29H. The molecule has 0 bridgehead atoms. The van der Waals surface area contributed by atoms with Crippen LogP contribution in [0.4, 0.5) is 17.1 Å². The highest BCUT2D eigenvalue weighted by Crippen LogP contribution is 2.42. The van der Waals surface area contributed by atoms with Crippen LogP contribution in [0.2, 0.25) is 0 Å². The number of pyridine rings is 3. The van der Waals surface area contributed by atoms with E-state index in [1.165, 1.54) is 0 Å². The van der Waals surface area contributed by atoms with Crippen LogP contribution in [0.5, 0.6) is 0 Å². The zero-order chi connectivity index (χ0) is 34.9. The fourth-order valence-electron chi connectivity index (χ4n) is 7.85. The summed E-state index contributed by atoms with van der Waals surface area (Å²) in [6, 6.07) is 57.0. The zero-order valence-electron chi connectivity index (χ0n) is 28.4. The first-order valence-electron chi connectivity index (χ1n) is 17.7. The molecule has 0 aliphatic carbocycles. The third kappa shape index (κ3) is 4.63. The summed E-state index contributed by atoms with van der Waals surface area (Å²) < 4.78 is 8.67. The molecule has 0 spiro atoms. The summed E-state index contributed by atoms with van der Waals surface area (Å²) in [7, 11) is 0. The molecule has 0 atom stereocenters. The molecule has 0 radical (unpaired) electrons. The lowest BCUT2D eigenvalue weighted by molar-refractivity contribution is 0.670. The SMILES string of the molecule is c1ccc(-c2cccc(N(c3ccc(-c4cccc5c4oc4ccccc45)cc3)c3ccc4c(c3)c3ncccc3c3nc5ccccc5n43)c2)nc1. The average molecular weight is 680 g/mol. The van der Waals surface area contributed by atoms with Crippen molar-refractivity contribution in [3.05, 3.63) is 176 Å². The van der Waals surface area contributed by atoms with Gasteiger partial charge in [-0.05, 0) is 90.5 Å². The molecule has 0 saturated carbocycles. The summed E-state index contributed by atoms with van der Waals surface area (Å²) in [6.07, 6.45) is 3.70. The summed E-state index contributed by atoms with van der Waals surface area (Å²) in [5.74, 6) is 0. The Morgan fingerprint density at radius 1 is 0.491 bits per heavy atom. The quantitative estimate of drug-likeness (QED) is 0.169. The summed E-state index contributed by atoms with van der Waals surface area (Å²) >= 11 is 0. The van der Waals surface area contributed by atoms with Crippen molar-refractivity contribution in [2.45, 2.75) is 0 Å². The lowest BCUT2D eigenvalue weighted by atomic mass is 10.0. The maximum absolute atomic E-state index is 6.41. The fraction of sp³-hybridized carbons (Fsp3) is 0. The highest BCUT2D eigenvalue weighted by Gasteiger charge is 2.19. The van der Waals surface area contributed by atoms with Gasteiger partial charge >= 0.3 is 0 Å². The van der Waals surface area contributed by atoms with Crippen molar-refractivity contribution in [3.63, 3.8) is 0 Å². The molecule has 0 unspecified atom stereocenters. The molecule has 0 N–H and O–H groups in total. The molecule has 5 heterocycles. The van der Waals surface area contributed by atoms with Gasteiger partial charge in [0.2, 0.25) is 0 Å². The first-order chi connectivity index (χ1) is 26.3. The predicted molar refractivity (Wildman–Crippen MR) is 216 cm³/mol. The van der Waals surface area contributed by atoms with Gasteiger partial charge < -0.3 is 9.32 Å². The molecular formula is C47H29N5O. The molecule has 11 rings (SSSR count). The van der Waals surface area contributed by atoms with E-state index in [0.29, 0.717) is 0 Å². The molecule has 0 aliphatic rings. The number of hydrogen-bond acceptors (Lipinski definition) is 5. The monoisotopic (exact) mass is 679 g/mol. The summed E-state index contributed by atoms with van der Waals surface area (Å²) in [6.45, 7) is 0. The Bertz CT molecular complexity index is 3180. The lowest BCUT2D eigenvalue weighted by Crippen LogP contribution is -2.10. The maximum Gasteiger partial charge on any atom is 0.147 e. The van der Waals surface area contributed by atoms with E-state index in [9.17, 15) is 0 Å². The van der Waals surface area contributed by atoms with Gasteiger partial charge in [-0.3, -0.25) is 14.4 Å². The minimum Gasteiger partial charge on any atom is -0.455 e. The minimum absolute atomic E-state index is 0.893. The Labute approximate surface area is 303 Å². The van der Waals surface area contributed by atoms with Crippen molar-refractivity contribution in [1.29, 1.82) is 0 Å². The van der Waals surface area contributed by atoms with Gasteiger partial charge in [0.05, 0.1) is 27.8 Å². The molecular weight excluding hydrogens is 651 g/mol. The Hall–Kier alpha value is -7.31. The van der Waals surface area contributed by atoms with Gasteiger partial charge in [-0.1, -0.05) is 78.9 Å². The highest BCUT2D eigenvalue weighted by atomic mass is 16.3. The first-order valence-corrected chi connectivity index (χ1v) is 17.7. The van der Waals surface area contributed by atoms with Gasteiger partial charge in [0.1, 0.15) is 16.8 Å². The largest absolute Gasteiger partial charge is 0.455 e. The molecule has 11 aromatic rings. The predicted octanol–water partition coefficient (Wildman–Crippen LogP) is 12.3. The van der Waals surface area contributed by atoms with Crippen molar-refractivity contribution in [2.24, 2.45) is 0 Å². The topological polar surface area (TPSA) is 59.5 Å². The minimum atomic E-state index is 0.893. The maximum atomic E-state index is 6.41. The van der Waals surface area contributed by atoms with Gasteiger partial charge in [-0.2, -0.15) is 0 Å². The Morgan fingerprint density at radius 3 is 2.19 bits per heavy atom. The molecule has 0 saturated heterocycles. The Kier molecular flexibility index (Phi) is 6.45. The van der Waals surface area contributed by atoms with Crippen molar-refractivity contribution in [3.8, 4) is 22.4 Å². The van der Waals surface area contributed by atoms with E-state index < -0.39 is 0 Å². The zero-order valence-corrected chi connectivity index (χ0v) is 28.4. The van der Waals surface area contributed by atoms with Crippen LogP contribution >= 0.6 is 0 Å². The van der Waals surface area contributed by atoms with Gasteiger partial charge in [0.25, 0.3) is 0 Å². The molecule has 5 aromatic heterocycles. The van der Waals surface area contributed by atoms with Crippen molar-refractivity contribution < 1.29 is 4.42 Å². The van der Waals surface area contributed by atoms with Crippen LogP contribution in [0.25, 0.3) is 82.8 Å². The number of fused-ring (bicyclic) bond motifs is 11. The number of anilines is 3. The Morgan fingerprint density at radius 2 is 1.26 bits per heavy atom. The van der Waals surface area contributed by atoms with Crippen LogP contribution in [0, 0.1) is 0 Å². The van der Waals surface area contributed by atoms with Crippen LogP contribution in [0.15, 0.2) is 181 Å². The molecule has 0 amide bonds. The van der Waals surface area contributed by atoms with Crippen molar-refractivity contribution in [1.82, 2.24) is 19.4 Å². The van der Waals surface area contributed by atoms with E-state index in [2.05, 4.69) is 136 Å². The first kappa shape index (κ1) is 29.4. The number of furan rings is 1. The van der Waals surface area contributed by atoms with Gasteiger partial charge in [-0.25, -0.2) is 4.98 Å². The number of aromatic nitrogens is 4. The molecule has 6 aromatic carbocycles. The fourth-order valence-corrected chi connectivity index (χ4v) is 7.85. The van der Waals surface area contributed by atoms with Crippen LogP contribution in [0.3, 0.4) is 0 Å². The second kappa shape index (κ2) is 11.6. The second-order valence-corrected chi connectivity index (χ2v) is 13.3. The molecule has 0 fully saturated rings. The normalized spacial score (nSPS) is 11.8. The van der Waals surface area contributed by atoms with E-state index >= 15 is 0 Å². The summed E-state index contributed by atoms with van der Waals surface area (Å²) in [5.41, 5.74) is 13.9. The van der Waals surface area contributed by atoms with Crippen molar-refractivity contribution >= 4 is 77.5 Å². The number of benzene rings is 6. The number of nitrogens with zero attached hydrogens (tertiary/aromatic N) is 5. The van der Waals surface area contributed by atoms with E-state index in [1.807, 2.05) is 54.9 Å². The van der Waals surface area contributed by atoms with E-state index in [1.54, 1.807) is 0 Å². The molecule has 248 valence electrons. The van der Waals surface area contributed by atoms with Gasteiger partial charge in [0, 0.05) is 62.1 Å². The van der Waals surface area contributed by atoms with Gasteiger partial charge in [-0.15, -0.1) is 0 Å². The molecule has 0 aliphatic heterocycles. The smallest absolute Gasteiger partial charge is 0.147 e. The summed E-state index contributed by atoms with van der Waals surface area (Å²) in [4.78, 5) is 16.9. The lowest BCUT2D eigenvalue weighted by Gasteiger charge is -2.27. The van der Waals surface area contributed by atoms with E-state index in [0.717, 1.165) is 99.9 Å². The number of hydrogen-bond donors (Lipinski definition) is 0. The number of para-hydroxylation sites is 4. The van der Waals surface area contributed by atoms with Crippen LogP contribution < -0.4 is 4.90 Å². The molecule has 53 heavy (non-hydrogen) atoms. The highest BCUT2D eigenvalue weighted by molar-refractivity contribution is 6.13. The summed E-state index contributed by atoms with van der Waals surface area (Å²) in [5, 5.41) is 4.31. The van der Waals surface area contributed by atoms with Crippen LogP contribution in [-0.4, -0.2) is 19.4 Å². The molecule has 6 heteroatoms. The Balaban J connectivity index is 1.12.